The van der Waals surface area contributed by atoms with Crippen LogP contribution in [0.2, 0.25) is 0 Å². The molecular weight excluding hydrogens is 752 g/mol. The zero-order chi connectivity index (χ0) is 34.8. The number of piperazine rings is 2. The Kier molecular flexibility index (Phi) is 22.9. The Labute approximate surface area is 310 Å². The minimum Gasteiger partial charge on any atom is -0.660 e. The maximum absolute atomic E-state index is 5.44. The number of morpholine rings is 1. The molecule has 8 heteroatoms. The van der Waals surface area contributed by atoms with Crippen molar-refractivity contribution in [2.75, 3.05) is 107 Å². The molecule has 4 rings (SSSR count). The maximum Gasteiger partial charge on any atom is 0.0627 e. The molecule has 7 nitrogen and oxygen atoms in total. The van der Waals surface area contributed by atoms with E-state index in [4.69, 9.17) is 4.74 Å². The van der Waals surface area contributed by atoms with Crippen LogP contribution < -0.4 is 0 Å². The Morgan fingerprint density at radius 2 is 1.04 bits per heavy atom. The van der Waals surface area contributed by atoms with E-state index < -0.39 is 0 Å². The van der Waals surface area contributed by atoms with E-state index in [1.165, 1.54) is 45.6 Å². The van der Waals surface area contributed by atoms with Crippen LogP contribution in [-0.2, 0) is 25.8 Å². The maximum atomic E-state index is 5.44. The Morgan fingerprint density at radius 1 is 0.553 bits per heavy atom. The minimum atomic E-state index is 0. The van der Waals surface area contributed by atoms with Gasteiger partial charge in [-0.25, -0.2) is 0 Å². The van der Waals surface area contributed by atoms with Gasteiger partial charge in [0.25, 0.3) is 0 Å². The second kappa shape index (κ2) is 21.7. The van der Waals surface area contributed by atoms with E-state index in [0.29, 0.717) is 39.8 Å². The van der Waals surface area contributed by atoms with Crippen LogP contribution >= 0.6 is 0 Å². The van der Waals surface area contributed by atoms with Crippen molar-refractivity contribution < 1.29 is 25.8 Å². The Hall–Kier alpha value is 0.408. The summed E-state index contributed by atoms with van der Waals surface area (Å²) in [5.74, 6) is 0.904. The molecule has 0 amide bonds. The van der Waals surface area contributed by atoms with E-state index in [1.54, 1.807) is 0 Å². The first-order chi connectivity index (χ1) is 20.4. The van der Waals surface area contributed by atoms with Crippen molar-refractivity contribution in [3.63, 3.8) is 0 Å². The largest absolute Gasteiger partial charge is 0.660 e. The Morgan fingerprint density at radius 3 is 1.40 bits per heavy atom. The number of nitrogens with zero attached hydrogens (tertiary/aromatic N) is 6. The molecule has 0 spiro atoms. The van der Waals surface area contributed by atoms with Gasteiger partial charge in [0.05, 0.1) is 13.2 Å². The smallest absolute Gasteiger partial charge is 0.0627 e. The van der Waals surface area contributed by atoms with Crippen LogP contribution in [0, 0.1) is 27.6 Å². The molecule has 4 atom stereocenters. The molecule has 0 saturated carbocycles. The van der Waals surface area contributed by atoms with Crippen molar-refractivity contribution in [1.82, 2.24) is 24.5 Å². The van der Waals surface area contributed by atoms with Crippen LogP contribution in [0.1, 0.15) is 103 Å². The monoisotopic (exact) mass is 838 g/mol. The van der Waals surface area contributed by atoms with Crippen molar-refractivity contribution >= 4 is 0 Å². The van der Waals surface area contributed by atoms with Gasteiger partial charge >= 0.3 is 0 Å². The summed E-state index contributed by atoms with van der Waals surface area (Å²) in [5, 5.41) is 4.43. The number of likely N-dealkylation sites (N-methyl/N-ethyl adjacent to an activating group) is 4. The van der Waals surface area contributed by atoms with Crippen molar-refractivity contribution in [3.8, 4) is 0 Å². The standard InChI is InChI=1S/C10H22N2.C10H21N.C9H19N2.C9H19NO.CH4.W/c1-10(2,3)9-8-11(4)6-7-12(9)5;1-10(2,3)9-6-5-7-11(4)8-9;1-9(2,3)8-7-10-5-6-11(8)4;1-9(2,3)8-7-11-6-5-10(8)4;;/h9H,6-8H2,1-5H3;9H,5-8H2,1-4H3;2*8H,5-7H2,1-4H3;1H4;/q;;-1;;;. The quantitative estimate of drug-likeness (QED) is 0.254. The fourth-order valence-electron chi connectivity index (χ4n) is 7.09. The van der Waals surface area contributed by atoms with Crippen LogP contribution in [-0.4, -0.2) is 150 Å². The average molecular weight is 838 g/mol. The van der Waals surface area contributed by atoms with Gasteiger partial charge in [-0.05, 0) is 94.8 Å². The first-order valence-corrected chi connectivity index (χ1v) is 18.1. The molecule has 4 saturated heterocycles. The third-order valence-electron chi connectivity index (χ3n) is 10.5. The molecule has 284 valence electrons. The normalized spacial score (nSPS) is 27.8. The summed E-state index contributed by atoms with van der Waals surface area (Å²) < 4.78 is 5.44. The zero-order valence-corrected chi connectivity index (χ0v) is 36.9. The Bertz CT molecular complexity index is 767. The predicted molar refractivity (Wildman–Crippen MR) is 205 cm³/mol. The zero-order valence-electron chi connectivity index (χ0n) is 34.0. The first-order valence-electron chi connectivity index (χ1n) is 18.1. The summed E-state index contributed by atoms with van der Waals surface area (Å²) in [5.41, 5.74) is 1.63. The summed E-state index contributed by atoms with van der Waals surface area (Å²) in [4.78, 5) is 12.2. The Balaban J connectivity index is 0. The first kappa shape index (κ1) is 49.5. The van der Waals surface area contributed by atoms with Gasteiger partial charge in [0, 0.05) is 65.9 Å². The summed E-state index contributed by atoms with van der Waals surface area (Å²) in [6.07, 6.45) is 2.81. The van der Waals surface area contributed by atoms with E-state index in [1.807, 2.05) is 0 Å². The summed E-state index contributed by atoms with van der Waals surface area (Å²) in [6.45, 7) is 39.9. The molecule has 47 heavy (non-hydrogen) atoms. The number of hydrogen-bond acceptors (Lipinski definition) is 6. The van der Waals surface area contributed by atoms with Gasteiger partial charge in [0.15, 0.2) is 0 Å². The van der Waals surface area contributed by atoms with E-state index in [0.717, 1.165) is 45.3 Å². The van der Waals surface area contributed by atoms with Crippen LogP contribution in [0.5, 0.6) is 0 Å². The molecule has 4 aliphatic heterocycles. The van der Waals surface area contributed by atoms with Gasteiger partial charge in [-0.1, -0.05) is 90.5 Å². The van der Waals surface area contributed by atoms with E-state index in [9.17, 15) is 0 Å². The molecule has 0 bridgehead atoms. The molecule has 0 aromatic carbocycles. The molecule has 4 heterocycles. The molecular formula is C39H85N6OW-. The summed E-state index contributed by atoms with van der Waals surface area (Å²) in [6, 6.07) is 1.92. The third kappa shape index (κ3) is 19.0. The van der Waals surface area contributed by atoms with Gasteiger partial charge in [0.2, 0.25) is 0 Å². The van der Waals surface area contributed by atoms with Crippen LogP contribution in [0.4, 0.5) is 0 Å². The van der Waals surface area contributed by atoms with E-state index >= 15 is 0 Å². The van der Waals surface area contributed by atoms with Gasteiger partial charge in [-0.15, -0.1) is 13.1 Å². The number of piperidine rings is 1. The van der Waals surface area contributed by atoms with E-state index in [2.05, 4.69) is 148 Å². The second-order valence-electron chi connectivity index (χ2n) is 19.0. The molecule has 4 fully saturated rings. The summed E-state index contributed by atoms with van der Waals surface area (Å²) in [7, 11) is 11.1. The SMILES string of the molecule is C.CN1CCCC(C(C)(C)C)C1.CN1CCN(C)C(C(C)(C)C)C1.CN1CCOCC1C(C)(C)C.CN1CC[N-]CC1C(C)(C)C.[W]. The molecule has 4 aliphatic rings. The van der Waals surface area contributed by atoms with E-state index in [-0.39, 0.29) is 28.5 Å². The number of rotatable bonds is 0. The third-order valence-corrected chi connectivity index (χ3v) is 10.5. The number of hydrogen-bond donors (Lipinski definition) is 0. The van der Waals surface area contributed by atoms with Crippen LogP contribution in [0.3, 0.4) is 0 Å². The predicted octanol–water partition coefficient (Wildman–Crippen LogP) is 7.37. The van der Waals surface area contributed by atoms with Gasteiger partial charge in [-0.3, -0.25) is 4.90 Å². The number of ether oxygens (including phenoxy) is 1. The van der Waals surface area contributed by atoms with Crippen molar-refractivity contribution in [1.29, 1.82) is 0 Å². The average Bonchev–Trinajstić information content (AvgIpc) is 2.89. The number of likely N-dealkylation sites (tertiary alicyclic amines) is 1. The van der Waals surface area contributed by atoms with Crippen LogP contribution in [0.15, 0.2) is 0 Å². The second-order valence-corrected chi connectivity index (χ2v) is 19.0. The van der Waals surface area contributed by atoms with Crippen LogP contribution in [0.25, 0.3) is 5.32 Å². The molecule has 0 aliphatic carbocycles. The molecule has 0 aromatic heterocycles. The fraction of sp³-hybridized carbons (Fsp3) is 1.00. The fourth-order valence-corrected chi connectivity index (χ4v) is 7.09. The van der Waals surface area contributed by atoms with Gasteiger partial charge in [0.1, 0.15) is 0 Å². The molecule has 0 N–H and O–H groups in total. The van der Waals surface area contributed by atoms with Gasteiger partial charge < -0.3 is 29.7 Å². The summed E-state index contributed by atoms with van der Waals surface area (Å²) >= 11 is 0. The van der Waals surface area contributed by atoms with Crippen molar-refractivity contribution in [2.45, 2.75) is 121 Å². The van der Waals surface area contributed by atoms with Gasteiger partial charge in [-0.2, -0.15) is 0 Å². The minimum absolute atomic E-state index is 0. The van der Waals surface area contributed by atoms with Crippen molar-refractivity contribution in [2.24, 2.45) is 27.6 Å². The molecule has 4 unspecified atom stereocenters. The molecule has 0 aromatic rings. The topological polar surface area (TPSA) is 39.5 Å². The molecule has 0 radical (unpaired) electrons. The van der Waals surface area contributed by atoms with Crippen molar-refractivity contribution in [3.05, 3.63) is 5.32 Å².